The maximum Gasteiger partial charge on any atom is 0.263 e. The topological polar surface area (TPSA) is 70.2 Å². The number of imide groups is 1. The molecule has 3 heterocycles. The molecule has 0 aliphatic carbocycles. The molecule has 35 heavy (non-hydrogen) atoms. The van der Waals surface area contributed by atoms with E-state index in [0.29, 0.717) is 30.1 Å². The molecule has 0 saturated carbocycles. The molecule has 2 aromatic carbocycles. The van der Waals surface area contributed by atoms with Crippen LogP contribution in [0.2, 0.25) is 0 Å². The van der Waals surface area contributed by atoms with Crippen LogP contribution < -0.4 is 9.64 Å². The Balaban J connectivity index is 1.28. The zero-order valence-corrected chi connectivity index (χ0v) is 20.5. The van der Waals surface area contributed by atoms with Crippen LogP contribution in [0.25, 0.3) is 0 Å². The molecule has 184 valence electrons. The van der Waals surface area contributed by atoms with Crippen LogP contribution in [0.1, 0.15) is 58.9 Å². The molecule has 0 aromatic heterocycles. The van der Waals surface area contributed by atoms with Gasteiger partial charge in [-0.3, -0.25) is 19.3 Å². The molecular weight excluding hydrogens is 442 g/mol. The number of ether oxygens (including phenoxy) is 1. The van der Waals surface area contributed by atoms with Crippen LogP contribution in [0.4, 0.5) is 5.69 Å². The summed E-state index contributed by atoms with van der Waals surface area (Å²) in [6.07, 6.45) is 3.82. The number of anilines is 1. The first-order chi connectivity index (χ1) is 17.0. The van der Waals surface area contributed by atoms with Crippen molar-refractivity contribution in [3.63, 3.8) is 0 Å². The first-order valence-electron chi connectivity index (χ1n) is 12.6. The number of hydrogen-bond donors (Lipinski definition) is 0. The van der Waals surface area contributed by atoms with Gasteiger partial charge in [-0.1, -0.05) is 25.1 Å². The average molecular weight is 476 g/mol. The Kier molecular flexibility index (Phi) is 6.50. The second-order valence-electron chi connectivity index (χ2n) is 10.0. The molecule has 2 saturated heterocycles. The number of fused-ring (bicyclic) bond motifs is 1. The van der Waals surface area contributed by atoms with E-state index in [9.17, 15) is 14.4 Å². The molecule has 0 radical (unpaired) electrons. The van der Waals surface area contributed by atoms with Gasteiger partial charge in [0.1, 0.15) is 5.75 Å². The van der Waals surface area contributed by atoms with Crippen molar-refractivity contribution in [2.75, 3.05) is 38.2 Å². The van der Waals surface area contributed by atoms with E-state index >= 15 is 0 Å². The van der Waals surface area contributed by atoms with E-state index in [1.54, 1.807) is 13.2 Å². The number of benzene rings is 2. The van der Waals surface area contributed by atoms with E-state index in [-0.39, 0.29) is 30.2 Å². The van der Waals surface area contributed by atoms with E-state index in [0.717, 1.165) is 49.4 Å². The van der Waals surface area contributed by atoms with Gasteiger partial charge in [-0.15, -0.1) is 0 Å². The quantitative estimate of drug-likeness (QED) is 0.612. The molecule has 7 heteroatoms. The lowest BCUT2D eigenvalue weighted by Gasteiger charge is -2.38. The number of amides is 3. The zero-order chi connectivity index (χ0) is 24.5. The maximum atomic E-state index is 13.4. The van der Waals surface area contributed by atoms with Crippen molar-refractivity contribution in [3.05, 3.63) is 59.2 Å². The smallest absolute Gasteiger partial charge is 0.263 e. The van der Waals surface area contributed by atoms with Gasteiger partial charge < -0.3 is 14.5 Å². The number of likely N-dealkylation sites (tertiary alicyclic amines) is 1. The molecule has 0 spiro atoms. The van der Waals surface area contributed by atoms with Gasteiger partial charge in [0.2, 0.25) is 5.91 Å². The molecule has 3 amide bonds. The van der Waals surface area contributed by atoms with E-state index in [1.165, 1.54) is 11.3 Å². The minimum Gasteiger partial charge on any atom is -0.497 e. The van der Waals surface area contributed by atoms with Crippen molar-refractivity contribution >= 4 is 23.4 Å². The van der Waals surface area contributed by atoms with Crippen LogP contribution in [0.15, 0.2) is 42.5 Å². The average Bonchev–Trinajstić information content (AvgIpc) is 3.13. The molecule has 5 rings (SSSR count). The normalized spacial score (nSPS) is 20.9. The first kappa shape index (κ1) is 23.4. The zero-order valence-electron chi connectivity index (χ0n) is 20.5. The molecule has 1 atom stereocenters. The predicted molar refractivity (Wildman–Crippen MR) is 134 cm³/mol. The molecule has 0 N–H and O–H groups in total. The predicted octanol–water partition coefficient (Wildman–Crippen LogP) is 3.97. The minimum absolute atomic E-state index is 0.0391. The first-order valence-corrected chi connectivity index (χ1v) is 12.6. The van der Waals surface area contributed by atoms with Crippen LogP contribution in [0.5, 0.6) is 5.75 Å². The van der Waals surface area contributed by atoms with Crippen molar-refractivity contribution in [2.45, 2.75) is 39.2 Å². The fourth-order valence-electron chi connectivity index (χ4n) is 5.65. The molecule has 3 aliphatic rings. The fourth-order valence-corrected chi connectivity index (χ4v) is 5.65. The lowest BCUT2D eigenvalue weighted by molar-refractivity contribution is -0.137. The second kappa shape index (κ2) is 9.72. The van der Waals surface area contributed by atoms with Crippen LogP contribution in [-0.2, 0) is 11.3 Å². The number of carbonyl (C=O) groups excluding carboxylic acids is 3. The van der Waals surface area contributed by atoms with Crippen molar-refractivity contribution in [1.82, 2.24) is 9.80 Å². The van der Waals surface area contributed by atoms with Crippen molar-refractivity contribution < 1.29 is 19.1 Å². The number of nitrogens with zero attached hydrogens (tertiary/aromatic N) is 3. The van der Waals surface area contributed by atoms with Gasteiger partial charge in [-0.25, -0.2) is 0 Å². The number of hydrogen-bond acceptors (Lipinski definition) is 5. The Morgan fingerprint density at radius 3 is 2.40 bits per heavy atom. The van der Waals surface area contributed by atoms with E-state index in [1.807, 2.05) is 41.3 Å². The summed E-state index contributed by atoms with van der Waals surface area (Å²) in [5, 5.41) is 0. The molecule has 2 aromatic rings. The van der Waals surface area contributed by atoms with Gasteiger partial charge in [0, 0.05) is 32.1 Å². The third-order valence-corrected chi connectivity index (χ3v) is 7.63. The van der Waals surface area contributed by atoms with Gasteiger partial charge in [0.25, 0.3) is 11.8 Å². The summed E-state index contributed by atoms with van der Waals surface area (Å²) in [5.41, 5.74) is 2.62. The van der Waals surface area contributed by atoms with Crippen molar-refractivity contribution in [2.24, 2.45) is 11.8 Å². The van der Waals surface area contributed by atoms with Crippen LogP contribution in [-0.4, -0.2) is 60.8 Å². The Bertz CT molecular complexity index is 1120. The third-order valence-electron chi connectivity index (χ3n) is 7.63. The maximum absolute atomic E-state index is 13.4. The molecule has 2 fully saturated rings. The van der Waals surface area contributed by atoms with Gasteiger partial charge >= 0.3 is 0 Å². The Morgan fingerprint density at radius 1 is 0.971 bits per heavy atom. The number of methoxy groups -OCH3 is 1. The summed E-state index contributed by atoms with van der Waals surface area (Å²) < 4.78 is 5.20. The molecular formula is C28H33N3O4. The van der Waals surface area contributed by atoms with Crippen LogP contribution in [0.3, 0.4) is 0 Å². The third kappa shape index (κ3) is 4.51. The number of piperidine rings is 2. The van der Waals surface area contributed by atoms with E-state index in [2.05, 4.69) is 11.8 Å². The minimum atomic E-state index is -0.257. The number of rotatable bonds is 5. The highest BCUT2D eigenvalue weighted by molar-refractivity contribution is 6.23. The van der Waals surface area contributed by atoms with Crippen LogP contribution >= 0.6 is 0 Å². The summed E-state index contributed by atoms with van der Waals surface area (Å²) in [6.45, 7) is 5.59. The van der Waals surface area contributed by atoms with Gasteiger partial charge in [-0.05, 0) is 61.4 Å². The largest absolute Gasteiger partial charge is 0.497 e. The highest BCUT2D eigenvalue weighted by Gasteiger charge is 2.39. The molecule has 0 unspecified atom stereocenters. The second-order valence-corrected chi connectivity index (χ2v) is 10.0. The summed E-state index contributed by atoms with van der Waals surface area (Å²) in [7, 11) is 1.60. The summed E-state index contributed by atoms with van der Waals surface area (Å²) in [4.78, 5) is 45.1. The standard InChI is InChI=1S/C28H33N3O4/c1-19-5-4-14-30(17-19)26(32)21-12-15-29(16-13-21)24-7-3-6-23-25(24)28(34)31(27(23)33)18-20-8-10-22(35-2)11-9-20/h3,6-11,19,21H,4-5,12-18H2,1-2H3/t19-/m1/s1. The Morgan fingerprint density at radius 2 is 1.71 bits per heavy atom. The van der Waals surface area contributed by atoms with Gasteiger partial charge in [0.15, 0.2) is 0 Å². The van der Waals surface area contributed by atoms with Gasteiger partial charge in [-0.2, -0.15) is 0 Å². The lowest BCUT2D eigenvalue weighted by atomic mass is 9.92. The molecule has 3 aliphatic heterocycles. The highest BCUT2D eigenvalue weighted by atomic mass is 16.5. The van der Waals surface area contributed by atoms with Crippen molar-refractivity contribution in [1.29, 1.82) is 0 Å². The Hall–Kier alpha value is -3.35. The number of carbonyl (C=O) groups is 3. The summed E-state index contributed by atoms with van der Waals surface area (Å²) in [5.74, 6) is 1.12. The fraction of sp³-hybridized carbons (Fsp3) is 0.464. The van der Waals surface area contributed by atoms with E-state index in [4.69, 9.17) is 4.74 Å². The SMILES string of the molecule is COc1ccc(CN2C(=O)c3cccc(N4CCC(C(=O)N5CCC[C@@H](C)C5)CC4)c3C2=O)cc1. The Labute approximate surface area is 206 Å². The van der Waals surface area contributed by atoms with Gasteiger partial charge in [0.05, 0.1) is 30.5 Å². The highest BCUT2D eigenvalue weighted by Crippen LogP contribution is 2.35. The van der Waals surface area contributed by atoms with Crippen molar-refractivity contribution in [3.8, 4) is 5.75 Å². The lowest BCUT2D eigenvalue weighted by Crippen LogP contribution is -2.46. The van der Waals surface area contributed by atoms with E-state index < -0.39 is 0 Å². The molecule has 7 nitrogen and oxygen atoms in total. The van der Waals surface area contributed by atoms with Crippen LogP contribution in [0, 0.1) is 11.8 Å². The molecule has 0 bridgehead atoms. The summed E-state index contributed by atoms with van der Waals surface area (Å²) >= 11 is 0. The summed E-state index contributed by atoms with van der Waals surface area (Å²) in [6, 6.07) is 12.9. The monoisotopic (exact) mass is 475 g/mol.